The van der Waals surface area contributed by atoms with E-state index in [1.165, 1.54) is 11.8 Å². The lowest BCUT2D eigenvalue weighted by Gasteiger charge is -2.06. The Bertz CT molecular complexity index is 1030. The van der Waals surface area contributed by atoms with E-state index in [1.54, 1.807) is 4.68 Å². The summed E-state index contributed by atoms with van der Waals surface area (Å²) in [4.78, 5) is 4.63. The fraction of sp³-hybridized carbons (Fsp3) is 0.158. The first-order chi connectivity index (χ1) is 12.7. The Morgan fingerprint density at radius 3 is 2.58 bits per heavy atom. The molecule has 0 aliphatic heterocycles. The number of benzene rings is 2. The van der Waals surface area contributed by atoms with Crippen molar-refractivity contribution in [2.75, 3.05) is 0 Å². The van der Waals surface area contributed by atoms with Gasteiger partial charge in [0.15, 0.2) is 0 Å². The maximum Gasteiger partial charge on any atom is 0.226 e. The average molecular weight is 363 g/mol. The molecule has 0 aliphatic carbocycles. The van der Waals surface area contributed by atoms with Crippen LogP contribution in [-0.2, 0) is 5.75 Å². The molecule has 2 aromatic heterocycles. The molecule has 0 saturated carbocycles. The summed E-state index contributed by atoms with van der Waals surface area (Å²) in [6, 6.07) is 17.9. The second-order valence-corrected chi connectivity index (χ2v) is 6.78. The molecule has 0 atom stereocenters. The second kappa shape index (κ2) is 7.13. The monoisotopic (exact) mass is 363 g/mol. The molecule has 0 saturated heterocycles. The van der Waals surface area contributed by atoms with Crippen LogP contribution in [0.3, 0.4) is 0 Å². The Labute approximate surface area is 155 Å². The van der Waals surface area contributed by atoms with Crippen LogP contribution in [0.5, 0.6) is 0 Å². The Morgan fingerprint density at radius 2 is 1.77 bits per heavy atom. The minimum atomic E-state index is 0.633. The molecule has 0 spiro atoms. The van der Waals surface area contributed by atoms with E-state index >= 15 is 0 Å². The lowest BCUT2D eigenvalue weighted by Crippen LogP contribution is -2.01. The zero-order valence-electron chi connectivity index (χ0n) is 14.5. The van der Waals surface area contributed by atoms with Crippen LogP contribution in [0, 0.1) is 13.8 Å². The SMILES string of the molecule is Cc1ccccc1-n1nnnc1SCc1nc(-c2ccccc2)oc1C. The molecule has 4 aromatic rings. The van der Waals surface area contributed by atoms with E-state index in [4.69, 9.17) is 4.42 Å². The van der Waals surface area contributed by atoms with Crippen LogP contribution in [0.1, 0.15) is 17.0 Å². The van der Waals surface area contributed by atoms with Crippen LogP contribution in [-0.4, -0.2) is 25.2 Å². The molecule has 4 rings (SSSR count). The highest BCUT2D eigenvalue weighted by molar-refractivity contribution is 7.98. The highest BCUT2D eigenvalue weighted by Crippen LogP contribution is 2.27. The molecule has 0 fully saturated rings. The van der Waals surface area contributed by atoms with Gasteiger partial charge in [0, 0.05) is 11.3 Å². The predicted octanol–water partition coefficient (Wildman–Crippen LogP) is 4.23. The lowest BCUT2D eigenvalue weighted by molar-refractivity contribution is 0.540. The van der Waals surface area contributed by atoms with Gasteiger partial charge < -0.3 is 4.42 Å². The third kappa shape index (κ3) is 3.25. The van der Waals surface area contributed by atoms with Crippen LogP contribution in [0.4, 0.5) is 0 Å². The van der Waals surface area contributed by atoms with Crippen LogP contribution in [0.25, 0.3) is 17.1 Å². The van der Waals surface area contributed by atoms with Gasteiger partial charge in [-0.2, -0.15) is 4.68 Å². The summed E-state index contributed by atoms with van der Waals surface area (Å²) in [7, 11) is 0. The number of tetrazole rings is 1. The Balaban J connectivity index is 1.55. The summed E-state index contributed by atoms with van der Waals surface area (Å²) in [5.41, 5.74) is 3.96. The van der Waals surface area contributed by atoms with E-state index in [9.17, 15) is 0 Å². The molecule has 0 amide bonds. The average Bonchev–Trinajstić information content (AvgIpc) is 3.27. The smallest absolute Gasteiger partial charge is 0.226 e. The maximum absolute atomic E-state index is 5.82. The van der Waals surface area contributed by atoms with Gasteiger partial charge in [-0.25, -0.2) is 4.98 Å². The van der Waals surface area contributed by atoms with Crippen molar-refractivity contribution in [2.24, 2.45) is 0 Å². The van der Waals surface area contributed by atoms with Crippen molar-refractivity contribution in [3.63, 3.8) is 0 Å². The van der Waals surface area contributed by atoms with Gasteiger partial charge in [-0.1, -0.05) is 48.2 Å². The topological polar surface area (TPSA) is 69.6 Å². The fourth-order valence-corrected chi connectivity index (χ4v) is 3.51. The van der Waals surface area contributed by atoms with Crippen LogP contribution >= 0.6 is 11.8 Å². The highest BCUT2D eigenvalue weighted by atomic mass is 32.2. The zero-order chi connectivity index (χ0) is 17.9. The first-order valence-electron chi connectivity index (χ1n) is 8.21. The Kier molecular flexibility index (Phi) is 4.53. The minimum Gasteiger partial charge on any atom is -0.441 e. The van der Waals surface area contributed by atoms with Crippen LogP contribution < -0.4 is 0 Å². The summed E-state index contributed by atoms with van der Waals surface area (Å²) in [6.07, 6.45) is 0. The van der Waals surface area contributed by atoms with E-state index in [1.807, 2.05) is 68.4 Å². The standard InChI is InChI=1S/C19H17N5OS/c1-13-8-6-7-11-17(13)24-19(21-22-23-24)26-12-16-14(2)25-18(20-16)15-9-4-3-5-10-15/h3-11H,12H2,1-2H3. The summed E-state index contributed by atoms with van der Waals surface area (Å²) >= 11 is 1.54. The van der Waals surface area contributed by atoms with E-state index in [0.29, 0.717) is 11.6 Å². The summed E-state index contributed by atoms with van der Waals surface area (Å²) < 4.78 is 7.58. The van der Waals surface area contributed by atoms with Gasteiger partial charge in [-0.3, -0.25) is 0 Å². The van der Waals surface area contributed by atoms with Crippen LogP contribution in [0.2, 0.25) is 0 Å². The number of hydrogen-bond donors (Lipinski definition) is 0. The second-order valence-electron chi connectivity index (χ2n) is 5.84. The molecule has 0 radical (unpaired) electrons. The number of nitrogens with zero attached hydrogens (tertiary/aromatic N) is 5. The molecule has 6 nitrogen and oxygen atoms in total. The largest absolute Gasteiger partial charge is 0.441 e. The van der Waals surface area contributed by atoms with Gasteiger partial charge in [0.2, 0.25) is 11.0 Å². The summed E-state index contributed by atoms with van der Waals surface area (Å²) in [5, 5.41) is 12.8. The van der Waals surface area contributed by atoms with E-state index in [-0.39, 0.29) is 0 Å². The van der Waals surface area contributed by atoms with Crippen molar-refractivity contribution in [3.8, 4) is 17.1 Å². The quantitative estimate of drug-likeness (QED) is 0.494. The van der Waals surface area contributed by atoms with E-state index in [2.05, 4.69) is 20.5 Å². The van der Waals surface area contributed by atoms with Crippen molar-refractivity contribution in [1.82, 2.24) is 25.2 Å². The molecule has 0 unspecified atom stereocenters. The maximum atomic E-state index is 5.82. The number of aryl methyl sites for hydroxylation is 2. The molecule has 0 N–H and O–H groups in total. The molecule has 2 aromatic carbocycles. The normalized spacial score (nSPS) is 11.0. The summed E-state index contributed by atoms with van der Waals surface area (Å²) in [6.45, 7) is 3.97. The number of hydrogen-bond acceptors (Lipinski definition) is 6. The zero-order valence-corrected chi connectivity index (χ0v) is 15.3. The Morgan fingerprint density at radius 1 is 1.00 bits per heavy atom. The van der Waals surface area contributed by atoms with Crippen LogP contribution in [0.15, 0.2) is 64.2 Å². The molecule has 26 heavy (non-hydrogen) atoms. The third-order valence-electron chi connectivity index (χ3n) is 4.04. The fourth-order valence-electron chi connectivity index (χ4n) is 2.62. The lowest BCUT2D eigenvalue weighted by atomic mass is 10.2. The number of aromatic nitrogens is 5. The number of oxazole rings is 1. The van der Waals surface area contributed by atoms with Crippen molar-refractivity contribution < 1.29 is 4.42 Å². The summed E-state index contributed by atoms with van der Waals surface area (Å²) in [5.74, 6) is 2.08. The number of rotatable bonds is 5. The molecular formula is C19H17N5OS. The van der Waals surface area contributed by atoms with E-state index in [0.717, 1.165) is 33.4 Å². The van der Waals surface area contributed by atoms with Crippen molar-refractivity contribution in [2.45, 2.75) is 24.8 Å². The first kappa shape index (κ1) is 16.5. The molecule has 7 heteroatoms. The van der Waals surface area contributed by atoms with Gasteiger partial charge >= 0.3 is 0 Å². The van der Waals surface area contributed by atoms with Gasteiger partial charge in [0.25, 0.3) is 0 Å². The molecule has 130 valence electrons. The number of thioether (sulfide) groups is 1. The predicted molar refractivity (Wildman–Crippen MR) is 100 cm³/mol. The van der Waals surface area contributed by atoms with Gasteiger partial charge in [0.1, 0.15) is 5.76 Å². The first-order valence-corrected chi connectivity index (χ1v) is 9.20. The van der Waals surface area contributed by atoms with Gasteiger partial charge in [-0.05, 0) is 48.0 Å². The number of para-hydroxylation sites is 1. The Hall–Kier alpha value is -2.93. The van der Waals surface area contributed by atoms with Gasteiger partial charge in [0.05, 0.1) is 11.4 Å². The molecular weight excluding hydrogens is 346 g/mol. The molecule has 0 aliphatic rings. The molecule has 2 heterocycles. The van der Waals surface area contributed by atoms with Crippen molar-refractivity contribution in [1.29, 1.82) is 0 Å². The molecule has 0 bridgehead atoms. The third-order valence-corrected chi connectivity index (χ3v) is 4.97. The van der Waals surface area contributed by atoms with Crippen molar-refractivity contribution >= 4 is 11.8 Å². The van der Waals surface area contributed by atoms with Gasteiger partial charge in [-0.15, -0.1) is 5.10 Å². The van der Waals surface area contributed by atoms with E-state index < -0.39 is 0 Å². The van der Waals surface area contributed by atoms with Crippen molar-refractivity contribution in [3.05, 3.63) is 71.6 Å². The minimum absolute atomic E-state index is 0.633. The highest BCUT2D eigenvalue weighted by Gasteiger charge is 2.15.